The Morgan fingerprint density at radius 2 is 1.83 bits per heavy atom. The van der Waals surface area contributed by atoms with Gasteiger partial charge in [0.2, 0.25) is 5.91 Å². The van der Waals surface area contributed by atoms with E-state index in [0.29, 0.717) is 12.0 Å². The standard InChI is InChI=1S/C11H13N5O2/c1-2-10(17)15-13-7-8-14-16-11(18)9-3-5-12-6-4-9/h3-8H,2H2,1H3,(H,15,17)(H,16,18)/b13-7-,14-8?. The number of pyridine rings is 1. The van der Waals surface area contributed by atoms with E-state index in [2.05, 4.69) is 26.0 Å². The van der Waals surface area contributed by atoms with Gasteiger partial charge in [-0.25, -0.2) is 10.9 Å². The average Bonchev–Trinajstić information content (AvgIpc) is 2.43. The van der Waals surface area contributed by atoms with Crippen molar-refractivity contribution in [2.75, 3.05) is 0 Å². The fourth-order valence-corrected chi connectivity index (χ4v) is 0.919. The van der Waals surface area contributed by atoms with Gasteiger partial charge in [0.15, 0.2) is 0 Å². The molecule has 0 atom stereocenters. The van der Waals surface area contributed by atoms with Crippen LogP contribution < -0.4 is 10.9 Å². The number of hydrogen-bond acceptors (Lipinski definition) is 5. The number of carbonyl (C=O) groups excluding carboxylic acids is 2. The van der Waals surface area contributed by atoms with Crippen LogP contribution in [0.5, 0.6) is 0 Å². The molecule has 0 unspecified atom stereocenters. The Morgan fingerprint density at radius 3 is 2.44 bits per heavy atom. The number of amides is 2. The highest BCUT2D eigenvalue weighted by Gasteiger charge is 2.01. The summed E-state index contributed by atoms with van der Waals surface area (Å²) in [5, 5.41) is 7.20. The number of rotatable bonds is 5. The van der Waals surface area contributed by atoms with Crippen molar-refractivity contribution in [2.45, 2.75) is 13.3 Å². The number of nitrogens with one attached hydrogen (secondary N) is 2. The van der Waals surface area contributed by atoms with Crippen molar-refractivity contribution in [1.29, 1.82) is 0 Å². The van der Waals surface area contributed by atoms with E-state index in [4.69, 9.17) is 0 Å². The van der Waals surface area contributed by atoms with Crippen LogP contribution in [0.15, 0.2) is 34.7 Å². The Hall–Kier alpha value is -2.57. The van der Waals surface area contributed by atoms with E-state index in [-0.39, 0.29) is 11.8 Å². The number of hydrazone groups is 2. The van der Waals surface area contributed by atoms with Gasteiger partial charge in [-0.05, 0) is 12.1 Å². The molecule has 0 saturated carbocycles. The molecule has 0 aliphatic carbocycles. The fraction of sp³-hybridized carbons (Fsp3) is 0.182. The lowest BCUT2D eigenvalue weighted by Gasteiger charge is -1.97. The molecule has 0 bridgehead atoms. The third-order valence-corrected chi connectivity index (χ3v) is 1.83. The van der Waals surface area contributed by atoms with E-state index in [0.717, 1.165) is 0 Å². The first-order valence-corrected chi connectivity index (χ1v) is 5.28. The smallest absolute Gasteiger partial charge is 0.271 e. The molecular weight excluding hydrogens is 234 g/mol. The minimum Gasteiger partial charge on any atom is -0.273 e. The van der Waals surface area contributed by atoms with Crippen molar-refractivity contribution in [3.63, 3.8) is 0 Å². The summed E-state index contributed by atoms with van der Waals surface area (Å²) in [5.41, 5.74) is 5.03. The van der Waals surface area contributed by atoms with Gasteiger partial charge in [-0.1, -0.05) is 6.92 Å². The summed E-state index contributed by atoms with van der Waals surface area (Å²) in [4.78, 5) is 26.1. The second-order valence-electron chi connectivity index (χ2n) is 3.12. The first-order chi connectivity index (χ1) is 8.74. The molecule has 7 nitrogen and oxygen atoms in total. The summed E-state index contributed by atoms with van der Waals surface area (Å²) in [6.07, 6.45) is 5.91. The summed E-state index contributed by atoms with van der Waals surface area (Å²) in [6, 6.07) is 3.14. The van der Waals surface area contributed by atoms with Gasteiger partial charge in [0.25, 0.3) is 5.91 Å². The van der Waals surface area contributed by atoms with Gasteiger partial charge in [0.1, 0.15) is 0 Å². The number of carbonyl (C=O) groups is 2. The van der Waals surface area contributed by atoms with Crippen LogP contribution in [0, 0.1) is 0 Å². The number of hydrogen-bond donors (Lipinski definition) is 2. The highest BCUT2D eigenvalue weighted by Crippen LogP contribution is 1.94. The lowest BCUT2D eigenvalue weighted by Crippen LogP contribution is -2.18. The van der Waals surface area contributed by atoms with Crippen LogP contribution in [0.4, 0.5) is 0 Å². The second kappa shape index (κ2) is 7.66. The van der Waals surface area contributed by atoms with Crippen molar-refractivity contribution in [1.82, 2.24) is 15.8 Å². The van der Waals surface area contributed by atoms with Gasteiger partial charge in [-0.2, -0.15) is 10.2 Å². The van der Waals surface area contributed by atoms with Crippen LogP contribution in [-0.4, -0.2) is 29.2 Å². The molecule has 1 aromatic heterocycles. The van der Waals surface area contributed by atoms with Crippen molar-refractivity contribution in [2.24, 2.45) is 10.2 Å². The molecule has 2 amide bonds. The van der Waals surface area contributed by atoms with Gasteiger partial charge in [0.05, 0.1) is 12.4 Å². The van der Waals surface area contributed by atoms with Crippen LogP contribution in [-0.2, 0) is 4.79 Å². The summed E-state index contributed by atoms with van der Waals surface area (Å²) in [7, 11) is 0. The maximum Gasteiger partial charge on any atom is 0.271 e. The zero-order valence-electron chi connectivity index (χ0n) is 9.83. The molecule has 0 spiro atoms. The molecular formula is C11H13N5O2. The molecule has 0 saturated heterocycles. The molecule has 1 rings (SSSR count). The van der Waals surface area contributed by atoms with Crippen LogP contribution in [0.1, 0.15) is 23.7 Å². The number of aromatic nitrogens is 1. The fourth-order valence-electron chi connectivity index (χ4n) is 0.919. The zero-order valence-corrected chi connectivity index (χ0v) is 9.83. The molecule has 0 aromatic carbocycles. The van der Waals surface area contributed by atoms with Crippen molar-refractivity contribution in [3.8, 4) is 0 Å². The topological polar surface area (TPSA) is 95.8 Å². The van der Waals surface area contributed by atoms with E-state index in [1.165, 1.54) is 24.8 Å². The van der Waals surface area contributed by atoms with Gasteiger partial charge in [-0.3, -0.25) is 14.6 Å². The summed E-state index contributed by atoms with van der Waals surface area (Å²) in [5.74, 6) is -0.542. The van der Waals surface area contributed by atoms with Crippen molar-refractivity contribution >= 4 is 24.2 Å². The first kappa shape index (κ1) is 13.5. The highest BCUT2D eigenvalue weighted by molar-refractivity contribution is 6.16. The molecule has 0 aliphatic heterocycles. The molecule has 0 aliphatic rings. The lowest BCUT2D eigenvalue weighted by molar-refractivity contribution is -0.120. The Kier molecular flexibility index (Phi) is 5.74. The molecule has 18 heavy (non-hydrogen) atoms. The van der Waals surface area contributed by atoms with Crippen LogP contribution in [0.25, 0.3) is 0 Å². The van der Waals surface area contributed by atoms with Gasteiger partial charge in [0, 0.05) is 24.4 Å². The quantitative estimate of drug-likeness (QED) is 0.579. The Balaban J connectivity index is 2.33. The van der Waals surface area contributed by atoms with Crippen LogP contribution in [0.2, 0.25) is 0 Å². The highest BCUT2D eigenvalue weighted by atomic mass is 16.2. The van der Waals surface area contributed by atoms with E-state index in [1.807, 2.05) is 0 Å². The first-order valence-electron chi connectivity index (χ1n) is 5.28. The number of nitrogens with zero attached hydrogens (tertiary/aromatic N) is 3. The van der Waals surface area contributed by atoms with Crippen molar-refractivity contribution in [3.05, 3.63) is 30.1 Å². The van der Waals surface area contributed by atoms with Gasteiger partial charge in [-0.15, -0.1) is 0 Å². The largest absolute Gasteiger partial charge is 0.273 e. The normalized spacial score (nSPS) is 10.7. The minimum atomic E-state index is -0.348. The SMILES string of the molecule is CCC(=O)N/N=C\C=NNC(=O)c1ccncc1. The zero-order chi connectivity index (χ0) is 13.2. The predicted molar refractivity (Wildman–Crippen MR) is 67.1 cm³/mol. The molecule has 1 aromatic rings. The molecule has 0 radical (unpaired) electrons. The van der Waals surface area contributed by atoms with E-state index in [9.17, 15) is 9.59 Å². The second-order valence-corrected chi connectivity index (χ2v) is 3.12. The third-order valence-electron chi connectivity index (χ3n) is 1.83. The summed E-state index contributed by atoms with van der Waals surface area (Å²) >= 11 is 0. The molecule has 7 heteroatoms. The maximum atomic E-state index is 11.5. The Morgan fingerprint density at radius 1 is 1.22 bits per heavy atom. The summed E-state index contributed by atoms with van der Waals surface area (Å²) in [6.45, 7) is 1.72. The third kappa shape index (κ3) is 4.97. The van der Waals surface area contributed by atoms with Crippen molar-refractivity contribution < 1.29 is 9.59 Å². The molecule has 0 fully saturated rings. The van der Waals surface area contributed by atoms with Crippen LogP contribution in [0.3, 0.4) is 0 Å². The summed E-state index contributed by atoms with van der Waals surface area (Å²) < 4.78 is 0. The van der Waals surface area contributed by atoms with Gasteiger partial charge >= 0.3 is 0 Å². The van der Waals surface area contributed by atoms with Gasteiger partial charge < -0.3 is 0 Å². The Labute approximate surface area is 104 Å². The average molecular weight is 247 g/mol. The van der Waals surface area contributed by atoms with E-state index < -0.39 is 0 Å². The maximum absolute atomic E-state index is 11.5. The molecule has 1 heterocycles. The Bertz CT molecular complexity index is 456. The minimum absolute atomic E-state index is 0.194. The van der Waals surface area contributed by atoms with Crippen LogP contribution >= 0.6 is 0 Å². The monoisotopic (exact) mass is 247 g/mol. The predicted octanol–water partition coefficient (Wildman–Crippen LogP) is 0.309. The molecule has 2 N–H and O–H groups in total. The molecule has 94 valence electrons. The lowest BCUT2D eigenvalue weighted by atomic mass is 10.3. The van der Waals surface area contributed by atoms with E-state index >= 15 is 0 Å². The van der Waals surface area contributed by atoms with E-state index in [1.54, 1.807) is 19.1 Å².